The molecule has 110 valence electrons. The van der Waals surface area contributed by atoms with Crippen LogP contribution in [0.4, 0.5) is 5.69 Å². The largest absolute Gasteiger partial charge is 0.379 e. The van der Waals surface area contributed by atoms with Crippen LogP contribution in [0.15, 0.2) is 16.6 Å². The van der Waals surface area contributed by atoms with Crippen molar-refractivity contribution in [2.45, 2.75) is 46.1 Å². The van der Waals surface area contributed by atoms with Crippen molar-refractivity contribution in [2.24, 2.45) is 16.7 Å². The van der Waals surface area contributed by atoms with E-state index < -0.39 is 0 Å². The lowest BCUT2D eigenvalue weighted by atomic mass is 9.69. The third kappa shape index (κ3) is 2.02. The summed E-state index contributed by atoms with van der Waals surface area (Å²) in [7, 11) is 0. The molecule has 1 nitrogen and oxygen atoms in total. The monoisotopic (exact) mass is 375 g/mol. The minimum absolute atomic E-state index is 0.317. The Kier molecular flexibility index (Phi) is 3.59. The highest BCUT2D eigenvalue weighted by atomic mass is 79.9. The van der Waals surface area contributed by atoms with Gasteiger partial charge in [-0.25, -0.2) is 0 Å². The van der Waals surface area contributed by atoms with Gasteiger partial charge in [0.15, 0.2) is 0 Å². The molecule has 2 aliphatic rings. The van der Waals surface area contributed by atoms with Gasteiger partial charge in [0.2, 0.25) is 0 Å². The molecule has 1 aromatic carbocycles. The molecule has 0 saturated heterocycles. The lowest BCUT2D eigenvalue weighted by Crippen LogP contribution is -2.40. The van der Waals surface area contributed by atoms with Crippen LogP contribution < -0.4 is 5.32 Å². The standard InChI is InChI=1S/C16H20BrCl2N/c1-15(2)9-4-5-16(15,3)13(6-9)20-14-11(18)7-10(17)8-12(14)19/h7-9,13,20H,4-6H2,1-3H3. The van der Waals surface area contributed by atoms with Crippen LogP contribution in [0.3, 0.4) is 0 Å². The fourth-order valence-electron chi connectivity index (χ4n) is 4.28. The second-order valence-electron chi connectivity index (χ2n) is 7.05. The summed E-state index contributed by atoms with van der Waals surface area (Å²) in [6.07, 6.45) is 3.85. The van der Waals surface area contributed by atoms with Crippen molar-refractivity contribution in [1.82, 2.24) is 0 Å². The van der Waals surface area contributed by atoms with Crippen molar-refractivity contribution < 1.29 is 0 Å². The number of hydrogen-bond acceptors (Lipinski definition) is 1. The molecule has 1 aromatic rings. The Morgan fingerprint density at radius 1 is 1.20 bits per heavy atom. The van der Waals surface area contributed by atoms with E-state index in [-0.39, 0.29) is 0 Å². The van der Waals surface area contributed by atoms with Gasteiger partial charge in [-0.1, -0.05) is 59.9 Å². The molecule has 2 bridgehead atoms. The Balaban J connectivity index is 1.91. The molecule has 4 heteroatoms. The third-order valence-corrected chi connectivity index (χ3v) is 7.17. The van der Waals surface area contributed by atoms with Gasteiger partial charge in [-0.05, 0) is 48.1 Å². The highest BCUT2D eigenvalue weighted by Gasteiger charge is 2.61. The predicted octanol–water partition coefficient (Wildman–Crippen LogP) is 6.38. The van der Waals surface area contributed by atoms with Crippen LogP contribution >= 0.6 is 39.1 Å². The molecule has 2 fully saturated rings. The molecular weight excluding hydrogens is 357 g/mol. The molecule has 20 heavy (non-hydrogen) atoms. The lowest BCUT2D eigenvalue weighted by Gasteiger charge is -2.40. The lowest BCUT2D eigenvalue weighted by molar-refractivity contribution is 0.142. The Labute approximate surface area is 139 Å². The fourth-order valence-corrected chi connectivity index (χ4v) is 5.59. The zero-order chi connectivity index (χ0) is 14.7. The Hall–Kier alpha value is 0.0800. The van der Waals surface area contributed by atoms with Gasteiger partial charge in [-0.3, -0.25) is 0 Å². The summed E-state index contributed by atoms with van der Waals surface area (Å²) in [6.45, 7) is 7.24. The van der Waals surface area contributed by atoms with E-state index in [1.54, 1.807) is 0 Å². The Morgan fingerprint density at radius 3 is 2.25 bits per heavy atom. The van der Waals surface area contributed by atoms with Crippen molar-refractivity contribution >= 4 is 44.8 Å². The minimum atomic E-state index is 0.317. The first kappa shape index (κ1) is 15.0. The average Bonchev–Trinajstić information content (AvgIpc) is 2.66. The van der Waals surface area contributed by atoms with E-state index in [9.17, 15) is 0 Å². The van der Waals surface area contributed by atoms with Crippen LogP contribution in [0.25, 0.3) is 0 Å². The molecule has 0 radical (unpaired) electrons. The van der Waals surface area contributed by atoms with Gasteiger partial charge in [0.25, 0.3) is 0 Å². The summed E-state index contributed by atoms with van der Waals surface area (Å²) in [5.74, 6) is 0.804. The summed E-state index contributed by atoms with van der Waals surface area (Å²) in [4.78, 5) is 0. The van der Waals surface area contributed by atoms with Crippen molar-refractivity contribution in [3.05, 3.63) is 26.7 Å². The molecule has 3 unspecified atom stereocenters. The summed E-state index contributed by atoms with van der Waals surface area (Å²) in [5.41, 5.74) is 1.59. The second kappa shape index (κ2) is 4.79. The van der Waals surface area contributed by atoms with E-state index in [0.717, 1.165) is 16.1 Å². The normalized spacial score (nSPS) is 34.5. The van der Waals surface area contributed by atoms with Crippen molar-refractivity contribution in [2.75, 3.05) is 5.32 Å². The van der Waals surface area contributed by atoms with Crippen LogP contribution in [0.1, 0.15) is 40.0 Å². The van der Waals surface area contributed by atoms with E-state index in [1.165, 1.54) is 19.3 Å². The summed E-state index contributed by atoms with van der Waals surface area (Å²) < 4.78 is 0.914. The van der Waals surface area contributed by atoms with Crippen LogP contribution in [0.2, 0.25) is 10.0 Å². The molecule has 3 rings (SSSR count). The van der Waals surface area contributed by atoms with Crippen LogP contribution in [0, 0.1) is 16.7 Å². The number of halogens is 3. The number of hydrogen-bond donors (Lipinski definition) is 1. The zero-order valence-corrected chi connectivity index (χ0v) is 15.2. The molecule has 0 aliphatic heterocycles. The summed E-state index contributed by atoms with van der Waals surface area (Å²) in [6, 6.07) is 4.25. The first-order chi connectivity index (χ1) is 9.25. The molecule has 2 aliphatic carbocycles. The molecular formula is C16H20BrCl2N. The van der Waals surface area contributed by atoms with E-state index in [1.807, 2.05) is 12.1 Å². The third-order valence-electron chi connectivity index (χ3n) is 6.12. The summed E-state index contributed by atoms with van der Waals surface area (Å²) >= 11 is 16.1. The van der Waals surface area contributed by atoms with Gasteiger partial charge in [-0.2, -0.15) is 0 Å². The van der Waals surface area contributed by atoms with Gasteiger partial charge in [0, 0.05) is 10.5 Å². The van der Waals surface area contributed by atoms with E-state index >= 15 is 0 Å². The zero-order valence-electron chi connectivity index (χ0n) is 12.1. The van der Waals surface area contributed by atoms with E-state index in [4.69, 9.17) is 23.2 Å². The molecule has 2 saturated carbocycles. The topological polar surface area (TPSA) is 12.0 Å². The minimum Gasteiger partial charge on any atom is -0.379 e. The summed E-state index contributed by atoms with van der Waals surface area (Å²) in [5, 5.41) is 5.02. The van der Waals surface area contributed by atoms with Crippen molar-refractivity contribution in [3.8, 4) is 0 Å². The van der Waals surface area contributed by atoms with E-state index in [2.05, 4.69) is 42.0 Å². The van der Waals surface area contributed by atoms with Gasteiger partial charge >= 0.3 is 0 Å². The highest BCUT2D eigenvalue weighted by Crippen LogP contribution is 2.66. The van der Waals surface area contributed by atoms with E-state index in [0.29, 0.717) is 26.9 Å². The maximum atomic E-state index is 6.35. The maximum absolute atomic E-state index is 6.35. The van der Waals surface area contributed by atoms with Gasteiger partial charge in [-0.15, -0.1) is 0 Å². The van der Waals surface area contributed by atoms with Crippen LogP contribution in [0.5, 0.6) is 0 Å². The molecule has 0 heterocycles. The van der Waals surface area contributed by atoms with Crippen LogP contribution in [-0.2, 0) is 0 Å². The smallest absolute Gasteiger partial charge is 0.0722 e. The Bertz CT molecular complexity index is 534. The quantitative estimate of drug-likeness (QED) is 0.631. The SMILES string of the molecule is CC1(C)C2CCC1(C)C(Nc1c(Cl)cc(Br)cc1Cl)C2. The Morgan fingerprint density at radius 2 is 1.80 bits per heavy atom. The number of fused-ring (bicyclic) bond motifs is 2. The number of rotatable bonds is 2. The second-order valence-corrected chi connectivity index (χ2v) is 8.78. The number of anilines is 1. The van der Waals surface area contributed by atoms with Gasteiger partial charge < -0.3 is 5.32 Å². The maximum Gasteiger partial charge on any atom is 0.0722 e. The predicted molar refractivity (Wildman–Crippen MR) is 90.8 cm³/mol. The fraction of sp³-hybridized carbons (Fsp3) is 0.625. The first-order valence-corrected chi connectivity index (χ1v) is 8.71. The number of benzene rings is 1. The van der Waals surface area contributed by atoms with Crippen molar-refractivity contribution in [1.29, 1.82) is 0 Å². The molecule has 1 N–H and O–H groups in total. The number of nitrogens with one attached hydrogen (secondary N) is 1. The molecule has 0 spiro atoms. The molecule has 3 atom stereocenters. The van der Waals surface area contributed by atoms with Gasteiger partial charge in [0.1, 0.15) is 0 Å². The molecule has 0 amide bonds. The first-order valence-electron chi connectivity index (χ1n) is 7.17. The highest BCUT2D eigenvalue weighted by molar-refractivity contribution is 9.10. The van der Waals surface area contributed by atoms with Crippen molar-refractivity contribution in [3.63, 3.8) is 0 Å². The van der Waals surface area contributed by atoms with Crippen LogP contribution in [-0.4, -0.2) is 6.04 Å². The van der Waals surface area contributed by atoms with Gasteiger partial charge in [0.05, 0.1) is 15.7 Å². The molecule has 0 aromatic heterocycles. The average molecular weight is 377 g/mol.